The molecule has 0 aliphatic carbocycles. The molecule has 1 aliphatic heterocycles. The zero-order chi connectivity index (χ0) is 19.4. The van der Waals surface area contributed by atoms with Crippen molar-refractivity contribution in [2.45, 2.75) is 32.4 Å². The Morgan fingerprint density at radius 3 is 2.70 bits per heavy atom. The van der Waals surface area contributed by atoms with Gasteiger partial charge >= 0.3 is 6.09 Å². The molecular weight excluding hydrogens is 346 g/mol. The summed E-state index contributed by atoms with van der Waals surface area (Å²) in [4.78, 5) is 24.8. The Balaban J connectivity index is 1.86. The van der Waals surface area contributed by atoms with Crippen molar-refractivity contribution in [3.8, 4) is 0 Å². The normalized spacial score (nSPS) is 14.2. The maximum absolute atomic E-state index is 11.8. The maximum Gasteiger partial charge on any atom is 0.409 e. The van der Waals surface area contributed by atoms with Crippen LogP contribution < -0.4 is 5.32 Å². The van der Waals surface area contributed by atoms with E-state index >= 15 is 0 Å². The van der Waals surface area contributed by atoms with Crippen molar-refractivity contribution in [3.63, 3.8) is 0 Å². The second-order valence-electron chi connectivity index (χ2n) is 6.73. The van der Waals surface area contributed by atoms with Gasteiger partial charge in [0.2, 0.25) is 0 Å². The molecule has 7 heteroatoms. The molecule has 0 saturated carbocycles. The Morgan fingerprint density at radius 1 is 1.30 bits per heavy atom. The molecule has 1 amide bonds. The molecule has 1 aliphatic rings. The van der Waals surface area contributed by atoms with Gasteiger partial charge < -0.3 is 15.0 Å². The van der Waals surface area contributed by atoms with Crippen molar-refractivity contribution >= 4 is 17.5 Å². The van der Waals surface area contributed by atoms with Crippen LogP contribution in [-0.4, -0.2) is 35.6 Å². The third-order valence-corrected chi connectivity index (χ3v) is 4.78. The largest absolute Gasteiger partial charge is 0.453 e. The minimum absolute atomic E-state index is 0.0180. The van der Waals surface area contributed by atoms with Crippen LogP contribution in [0.3, 0.4) is 0 Å². The van der Waals surface area contributed by atoms with Crippen LogP contribution in [0.1, 0.15) is 23.6 Å². The van der Waals surface area contributed by atoms with Gasteiger partial charge in [-0.25, -0.2) is 4.79 Å². The predicted octanol–water partition coefficient (Wildman–Crippen LogP) is 3.76. The van der Waals surface area contributed by atoms with Crippen molar-refractivity contribution < 1.29 is 14.5 Å². The molecule has 142 valence electrons. The fourth-order valence-corrected chi connectivity index (χ4v) is 3.51. The Labute approximate surface area is 158 Å². The number of nitrogens with zero attached hydrogens (tertiary/aromatic N) is 2. The highest BCUT2D eigenvalue weighted by atomic mass is 16.6. The van der Waals surface area contributed by atoms with Gasteiger partial charge in [-0.3, -0.25) is 10.1 Å². The van der Waals surface area contributed by atoms with Gasteiger partial charge in [-0.2, -0.15) is 0 Å². The standard InChI is InChI=1S/C20H23N3O4/c1-14(12-15-6-4-3-5-7-15)21-18-9-8-16-10-11-22(20(24)27-2)13-17(16)19(18)23(25)26/h3-9,14,21H,10-13H2,1-2H3. The molecule has 1 heterocycles. The van der Waals surface area contributed by atoms with Crippen molar-refractivity contribution in [1.29, 1.82) is 0 Å². The molecule has 2 aromatic carbocycles. The minimum Gasteiger partial charge on any atom is -0.453 e. The molecule has 3 rings (SSSR count). The number of benzene rings is 2. The Kier molecular flexibility index (Phi) is 5.59. The number of rotatable bonds is 5. The molecule has 0 bridgehead atoms. The van der Waals surface area contributed by atoms with Crippen LogP contribution in [0.5, 0.6) is 0 Å². The summed E-state index contributed by atoms with van der Waals surface area (Å²) in [6.45, 7) is 2.67. The van der Waals surface area contributed by atoms with Crippen LogP contribution in [0.25, 0.3) is 0 Å². The Morgan fingerprint density at radius 2 is 2.04 bits per heavy atom. The molecule has 0 radical (unpaired) electrons. The van der Waals surface area contributed by atoms with Gasteiger partial charge in [0.15, 0.2) is 0 Å². The Hall–Kier alpha value is -3.09. The molecule has 1 N–H and O–H groups in total. The van der Waals surface area contributed by atoms with Crippen molar-refractivity contribution in [1.82, 2.24) is 4.90 Å². The molecule has 1 atom stereocenters. The summed E-state index contributed by atoms with van der Waals surface area (Å²) in [5.41, 5.74) is 3.17. The summed E-state index contributed by atoms with van der Waals surface area (Å²) in [5, 5.41) is 15.1. The van der Waals surface area contributed by atoms with Gasteiger partial charge in [0.25, 0.3) is 5.69 Å². The molecule has 2 aromatic rings. The van der Waals surface area contributed by atoms with E-state index in [1.807, 2.05) is 43.3 Å². The number of amides is 1. The van der Waals surface area contributed by atoms with E-state index in [4.69, 9.17) is 4.74 Å². The Bertz CT molecular complexity index is 839. The van der Waals surface area contributed by atoms with Crippen molar-refractivity contribution in [2.24, 2.45) is 0 Å². The van der Waals surface area contributed by atoms with Crippen LogP contribution in [0, 0.1) is 10.1 Å². The van der Waals surface area contributed by atoms with Crippen LogP contribution in [0.15, 0.2) is 42.5 Å². The number of hydrogen-bond acceptors (Lipinski definition) is 5. The second-order valence-corrected chi connectivity index (χ2v) is 6.73. The third kappa shape index (κ3) is 4.19. The average Bonchev–Trinajstić information content (AvgIpc) is 2.67. The van der Waals surface area contributed by atoms with E-state index in [0.29, 0.717) is 24.2 Å². The van der Waals surface area contributed by atoms with E-state index in [9.17, 15) is 14.9 Å². The quantitative estimate of drug-likeness (QED) is 0.641. The van der Waals surface area contributed by atoms with E-state index in [1.54, 1.807) is 6.07 Å². The number of hydrogen-bond donors (Lipinski definition) is 1. The summed E-state index contributed by atoms with van der Waals surface area (Å²) in [6, 6.07) is 13.7. The minimum atomic E-state index is -0.467. The molecule has 0 spiro atoms. The first kappa shape index (κ1) is 18.7. The lowest BCUT2D eigenvalue weighted by Crippen LogP contribution is -2.36. The second kappa shape index (κ2) is 8.07. The zero-order valence-electron chi connectivity index (χ0n) is 15.5. The summed E-state index contributed by atoms with van der Waals surface area (Å²) in [5.74, 6) is 0. The molecule has 1 unspecified atom stereocenters. The van der Waals surface area contributed by atoms with Gasteiger partial charge in [-0.05, 0) is 37.0 Å². The first-order chi connectivity index (χ1) is 13.0. The van der Waals surface area contributed by atoms with E-state index in [-0.39, 0.29) is 23.2 Å². The average molecular weight is 369 g/mol. The number of carbonyl (C=O) groups excluding carboxylic acids is 1. The SMILES string of the molecule is COC(=O)N1CCc2ccc(NC(C)Cc3ccccc3)c([N+](=O)[O-])c2C1. The number of fused-ring (bicyclic) bond motifs is 1. The monoisotopic (exact) mass is 369 g/mol. The summed E-state index contributed by atoms with van der Waals surface area (Å²) < 4.78 is 4.77. The number of nitro groups is 1. The van der Waals surface area contributed by atoms with Crippen LogP contribution >= 0.6 is 0 Å². The zero-order valence-corrected chi connectivity index (χ0v) is 15.5. The van der Waals surface area contributed by atoms with Gasteiger partial charge in [-0.15, -0.1) is 0 Å². The van der Waals surface area contributed by atoms with E-state index in [0.717, 1.165) is 17.5 Å². The fourth-order valence-electron chi connectivity index (χ4n) is 3.51. The highest BCUT2D eigenvalue weighted by Gasteiger charge is 2.30. The molecule has 7 nitrogen and oxygen atoms in total. The molecule has 0 saturated heterocycles. The van der Waals surface area contributed by atoms with Crippen molar-refractivity contribution in [3.05, 3.63) is 69.3 Å². The summed E-state index contributed by atoms with van der Waals surface area (Å²) in [7, 11) is 1.31. The smallest absolute Gasteiger partial charge is 0.409 e. The molecular formula is C20H23N3O4. The predicted molar refractivity (Wildman–Crippen MR) is 103 cm³/mol. The van der Waals surface area contributed by atoms with Gasteiger partial charge in [0, 0.05) is 12.6 Å². The van der Waals surface area contributed by atoms with Gasteiger partial charge in [0.1, 0.15) is 5.69 Å². The number of nitro benzene ring substituents is 1. The molecule has 0 fully saturated rings. The first-order valence-corrected chi connectivity index (χ1v) is 8.92. The highest BCUT2D eigenvalue weighted by Crippen LogP contribution is 2.35. The van der Waals surface area contributed by atoms with E-state index < -0.39 is 6.09 Å². The van der Waals surface area contributed by atoms with E-state index in [2.05, 4.69) is 5.32 Å². The number of nitrogens with one attached hydrogen (secondary N) is 1. The number of ether oxygens (including phenoxy) is 1. The summed E-state index contributed by atoms with van der Waals surface area (Å²) in [6.07, 6.45) is 0.861. The van der Waals surface area contributed by atoms with Crippen LogP contribution in [0.2, 0.25) is 0 Å². The molecule has 27 heavy (non-hydrogen) atoms. The van der Waals surface area contributed by atoms with Gasteiger partial charge in [0.05, 0.1) is 24.1 Å². The first-order valence-electron chi connectivity index (χ1n) is 8.92. The highest BCUT2D eigenvalue weighted by molar-refractivity contribution is 5.72. The van der Waals surface area contributed by atoms with E-state index in [1.165, 1.54) is 12.0 Å². The van der Waals surface area contributed by atoms with Crippen LogP contribution in [-0.2, 0) is 24.1 Å². The topological polar surface area (TPSA) is 84.7 Å². The number of carbonyl (C=O) groups is 1. The molecule has 0 aromatic heterocycles. The van der Waals surface area contributed by atoms with Crippen LogP contribution in [0.4, 0.5) is 16.2 Å². The summed E-state index contributed by atoms with van der Waals surface area (Å²) >= 11 is 0. The van der Waals surface area contributed by atoms with Crippen molar-refractivity contribution in [2.75, 3.05) is 19.0 Å². The lowest BCUT2D eigenvalue weighted by atomic mass is 9.96. The fraction of sp³-hybridized carbons (Fsp3) is 0.350. The lowest BCUT2D eigenvalue weighted by Gasteiger charge is -2.28. The number of methoxy groups -OCH3 is 1. The van der Waals surface area contributed by atoms with Gasteiger partial charge in [-0.1, -0.05) is 36.4 Å². The third-order valence-electron chi connectivity index (χ3n) is 4.78. The maximum atomic E-state index is 11.8. The number of anilines is 1. The lowest BCUT2D eigenvalue weighted by molar-refractivity contribution is -0.384.